The largest absolute Gasteiger partial charge is 0.497 e. The van der Waals surface area contributed by atoms with Crippen molar-refractivity contribution < 1.29 is 32.8 Å². The van der Waals surface area contributed by atoms with Crippen LogP contribution in [0, 0.1) is 11.3 Å². The maximum Gasteiger partial charge on any atom is 0.259 e. The van der Waals surface area contributed by atoms with E-state index in [4.69, 9.17) is 33.0 Å². The van der Waals surface area contributed by atoms with Gasteiger partial charge in [0.05, 0.1) is 57.9 Å². The summed E-state index contributed by atoms with van der Waals surface area (Å²) < 4.78 is 43.2. The predicted molar refractivity (Wildman–Crippen MR) is 239 cm³/mol. The third-order valence-corrected chi connectivity index (χ3v) is 12.9. The first-order valence-corrected chi connectivity index (χ1v) is 21.9. The Kier molecular flexibility index (Phi) is 14.6. The van der Waals surface area contributed by atoms with E-state index in [-0.39, 0.29) is 37.6 Å². The highest BCUT2D eigenvalue weighted by Crippen LogP contribution is 2.51. The monoisotopic (exact) mass is 856 g/mol. The molecule has 13 nitrogen and oxygen atoms in total. The van der Waals surface area contributed by atoms with Gasteiger partial charge in [-0.3, -0.25) is 4.79 Å². The molecule has 7 rings (SSSR count). The molecular formula is C48H53N6O7P. The molecule has 1 saturated heterocycles. The molecule has 1 aliphatic rings. The zero-order valence-corrected chi connectivity index (χ0v) is 36.8. The van der Waals surface area contributed by atoms with Gasteiger partial charge in [-0.2, -0.15) is 5.26 Å². The van der Waals surface area contributed by atoms with Crippen molar-refractivity contribution in [2.24, 2.45) is 0 Å². The van der Waals surface area contributed by atoms with Crippen LogP contribution in [0.5, 0.6) is 11.5 Å². The lowest BCUT2D eigenvalue weighted by Crippen LogP contribution is -2.39. The third kappa shape index (κ3) is 9.67. The summed E-state index contributed by atoms with van der Waals surface area (Å²) in [5.41, 5.74) is 3.32. The minimum absolute atomic E-state index is 0.0847. The first-order chi connectivity index (χ1) is 30.2. The smallest absolute Gasteiger partial charge is 0.259 e. The lowest BCUT2D eigenvalue weighted by Gasteiger charge is -2.39. The van der Waals surface area contributed by atoms with Crippen molar-refractivity contribution >= 4 is 31.3 Å². The maximum absolute atomic E-state index is 13.2. The van der Waals surface area contributed by atoms with Crippen LogP contribution < -0.4 is 14.8 Å². The Morgan fingerprint density at radius 1 is 0.871 bits per heavy atom. The molecule has 4 unspecified atom stereocenters. The lowest BCUT2D eigenvalue weighted by atomic mass is 9.80. The minimum Gasteiger partial charge on any atom is -0.497 e. The Bertz CT molecular complexity index is 2350. The molecule has 1 fully saturated rings. The van der Waals surface area contributed by atoms with Gasteiger partial charge in [-0.1, -0.05) is 72.8 Å². The summed E-state index contributed by atoms with van der Waals surface area (Å²) in [6, 6.07) is 39.1. The number of hydrogen-bond donors (Lipinski definition) is 1. The van der Waals surface area contributed by atoms with Gasteiger partial charge < -0.3 is 37.9 Å². The van der Waals surface area contributed by atoms with Crippen molar-refractivity contribution in [2.75, 3.05) is 32.8 Å². The van der Waals surface area contributed by atoms with E-state index in [2.05, 4.69) is 60.9 Å². The summed E-state index contributed by atoms with van der Waals surface area (Å²) in [7, 11) is 1.65. The van der Waals surface area contributed by atoms with E-state index in [1.807, 2.05) is 95.6 Å². The molecule has 0 radical (unpaired) electrons. The molecule has 2 aromatic heterocycles. The Hall–Kier alpha value is -5.71. The Morgan fingerprint density at radius 3 is 2.05 bits per heavy atom. The van der Waals surface area contributed by atoms with Crippen molar-refractivity contribution in [2.45, 2.75) is 76.7 Å². The Morgan fingerprint density at radius 2 is 1.47 bits per heavy atom. The molecule has 1 amide bonds. The van der Waals surface area contributed by atoms with Crippen LogP contribution in [0.15, 0.2) is 128 Å². The molecule has 4 atom stereocenters. The lowest BCUT2D eigenvalue weighted by molar-refractivity contribution is -0.0911. The molecule has 4 aromatic carbocycles. The number of benzene rings is 4. The van der Waals surface area contributed by atoms with Crippen LogP contribution in [0.3, 0.4) is 0 Å². The van der Waals surface area contributed by atoms with E-state index in [9.17, 15) is 10.1 Å². The van der Waals surface area contributed by atoms with Crippen molar-refractivity contribution in [1.82, 2.24) is 19.2 Å². The topological polar surface area (TPSA) is 142 Å². The fraction of sp³-hybridized carbons (Fsp3) is 0.333. The number of rotatable bonds is 19. The van der Waals surface area contributed by atoms with Gasteiger partial charge in [-0.15, -0.1) is 0 Å². The summed E-state index contributed by atoms with van der Waals surface area (Å²) in [5, 5.41) is 12.4. The number of carbonyl (C=O) groups is 1. The number of amides is 1. The Balaban J connectivity index is 1.28. The fourth-order valence-electron chi connectivity index (χ4n) is 7.88. The summed E-state index contributed by atoms with van der Waals surface area (Å²) in [5.74, 6) is 1.49. The predicted octanol–water partition coefficient (Wildman–Crippen LogP) is 9.66. The zero-order valence-electron chi connectivity index (χ0n) is 35.9. The number of nitriles is 1. The van der Waals surface area contributed by atoms with Gasteiger partial charge in [-0.25, -0.2) is 14.6 Å². The highest BCUT2D eigenvalue weighted by Gasteiger charge is 2.45. The van der Waals surface area contributed by atoms with Crippen molar-refractivity contribution in [1.29, 1.82) is 5.26 Å². The quantitative estimate of drug-likeness (QED) is 0.0473. The molecule has 322 valence electrons. The van der Waals surface area contributed by atoms with E-state index in [0.29, 0.717) is 23.3 Å². The second kappa shape index (κ2) is 20.4. The van der Waals surface area contributed by atoms with Crippen LogP contribution in [0.25, 0.3) is 11.0 Å². The number of hydrogen-bond acceptors (Lipinski definition) is 11. The number of nitrogens with one attached hydrogen (secondary N) is 1. The Labute approximate surface area is 364 Å². The first kappa shape index (κ1) is 44.3. The van der Waals surface area contributed by atoms with Crippen molar-refractivity contribution in [3.05, 3.63) is 150 Å². The van der Waals surface area contributed by atoms with E-state index in [0.717, 1.165) is 33.7 Å². The minimum atomic E-state index is -1.65. The van der Waals surface area contributed by atoms with Gasteiger partial charge in [0, 0.05) is 30.3 Å². The van der Waals surface area contributed by atoms with Gasteiger partial charge in [0.25, 0.3) is 14.4 Å². The number of methoxy groups -OCH3 is 2. The summed E-state index contributed by atoms with van der Waals surface area (Å²) in [6.07, 6.45) is 2.32. The normalized spacial score (nSPS) is 17.1. The number of fused-ring (bicyclic) bond motifs is 1. The molecule has 0 aliphatic carbocycles. The molecule has 3 heterocycles. The van der Waals surface area contributed by atoms with E-state index in [1.54, 1.807) is 38.9 Å². The molecule has 6 aromatic rings. The third-order valence-electron chi connectivity index (χ3n) is 10.8. The molecule has 0 bridgehead atoms. The van der Waals surface area contributed by atoms with Crippen LogP contribution in [0.1, 0.15) is 73.8 Å². The second-order valence-electron chi connectivity index (χ2n) is 15.4. The molecule has 14 heteroatoms. The average molecular weight is 857 g/mol. The van der Waals surface area contributed by atoms with Crippen LogP contribution in [-0.4, -0.2) is 76.8 Å². The highest BCUT2D eigenvalue weighted by atomic mass is 31.2. The van der Waals surface area contributed by atoms with Crippen molar-refractivity contribution in [3.8, 4) is 17.6 Å². The molecule has 1 N–H and O–H groups in total. The average Bonchev–Trinajstić information content (AvgIpc) is 3.92. The summed E-state index contributed by atoms with van der Waals surface area (Å²) in [6.45, 7) is 8.76. The highest BCUT2D eigenvalue weighted by molar-refractivity contribution is 7.44. The van der Waals surface area contributed by atoms with Crippen LogP contribution in [0.4, 0.5) is 5.82 Å². The van der Waals surface area contributed by atoms with Crippen molar-refractivity contribution in [3.63, 3.8) is 0 Å². The van der Waals surface area contributed by atoms with Gasteiger partial charge in [0.1, 0.15) is 34.9 Å². The zero-order chi connectivity index (χ0) is 43.6. The van der Waals surface area contributed by atoms with Crippen LogP contribution in [0.2, 0.25) is 0 Å². The SMILES string of the molecule is COc1ccc(C(OCC2OC(n3cnc4c(NC(=O)c5ccccc5)nccc43)CC2OP(OCCC#N)N(C(C)C)C(C)C)(c2ccccc2)c2ccc(OC)cc2)cc1. The standard InChI is InChI=1S/C48H53N6O7P/c1-33(2)54(34(3)4)62(59-29-13-27-49)61-42-30-44(53-32-51-45-41(53)26-28-50-46(45)52-47(55)35-14-9-7-10-15-35)60-43(42)31-58-48(36-16-11-8-12-17-36,37-18-22-39(56-5)23-19-37)38-20-24-40(57-6)25-21-38/h7-12,14-26,28,32-34,42-44H,13,29-31H2,1-6H3,(H,50,52,55). The fourth-order valence-corrected chi connectivity index (χ4v) is 9.63. The van der Waals surface area contributed by atoms with E-state index >= 15 is 0 Å². The molecule has 62 heavy (non-hydrogen) atoms. The number of nitrogens with zero attached hydrogens (tertiary/aromatic N) is 5. The molecule has 0 spiro atoms. The van der Waals surface area contributed by atoms with Crippen LogP contribution >= 0.6 is 8.53 Å². The number of pyridine rings is 1. The first-order valence-electron chi connectivity index (χ1n) is 20.7. The van der Waals surface area contributed by atoms with Gasteiger partial charge in [0.2, 0.25) is 0 Å². The van der Waals surface area contributed by atoms with Gasteiger partial charge >= 0.3 is 0 Å². The summed E-state index contributed by atoms with van der Waals surface area (Å²) in [4.78, 5) is 22.4. The van der Waals surface area contributed by atoms with Crippen LogP contribution in [-0.2, 0) is 24.1 Å². The number of ether oxygens (including phenoxy) is 4. The maximum atomic E-state index is 13.2. The number of anilines is 1. The second-order valence-corrected chi connectivity index (χ2v) is 16.8. The van der Waals surface area contributed by atoms with Gasteiger partial charge in [-0.05, 0) is 86.8 Å². The van der Waals surface area contributed by atoms with E-state index < -0.39 is 32.6 Å². The molecule has 0 saturated carbocycles. The number of carbonyl (C=O) groups excluding carboxylic acids is 1. The molecular weight excluding hydrogens is 804 g/mol. The van der Waals surface area contributed by atoms with Gasteiger partial charge in [0.15, 0.2) is 5.82 Å². The number of aromatic nitrogens is 3. The molecule has 1 aliphatic heterocycles. The summed E-state index contributed by atoms with van der Waals surface area (Å²) >= 11 is 0. The van der Waals surface area contributed by atoms with E-state index in [1.165, 1.54) is 0 Å². The number of imidazole rings is 1.